The highest BCUT2D eigenvalue weighted by molar-refractivity contribution is 8.01. The molecule has 1 fully saturated rings. The molecule has 3 amide bonds. The first-order chi connectivity index (χ1) is 20.8. The maximum absolute atomic E-state index is 13.4. The number of nitrogens with one attached hydrogen (secondary N) is 2. The summed E-state index contributed by atoms with van der Waals surface area (Å²) in [5.41, 5.74) is 0.124. The molecule has 0 aromatic carbocycles. The second kappa shape index (κ2) is 13.3. The zero-order chi connectivity index (χ0) is 30.5. The highest BCUT2D eigenvalue weighted by atomic mass is 32.2. The summed E-state index contributed by atoms with van der Waals surface area (Å²) in [7, 11) is 0. The number of nitrogens with zero attached hydrogens (tertiary/aromatic N) is 7. The molecule has 3 atom stereocenters. The van der Waals surface area contributed by atoms with E-state index in [4.69, 9.17) is 9.94 Å². The van der Waals surface area contributed by atoms with Gasteiger partial charge in [0.15, 0.2) is 10.8 Å². The lowest BCUT2D eigenvalue weighted by molar-refractivity contribution is -0.150. The number of aromatic nitrogens is 5. The molecule has 3 aliphatic rings. The van der Waals surface area contributed by atoms with Gasteiger partial charge >= 0.3 is 11.9 Å². The van der Waals surface area contributed by atoms with E-state index >= 15 is 0 Å². The number of thioether (sulfide) groups is 2. The van der Waals surface area contributed by atoms with Gasteiger partial charge in [0.2, 0.25) is 11.6 Å². The summed E-state index contributed by atoms with van der Waals surface area (Å²) in [4.78, 5) is 71.6. The summed E-state index contributed by atoms with van der Waals surface area (Å²) in [6.45, 7) is -0.466. The third-order valence-corrected chi connectivity index (χ3v) is 9.49. The maximum Gasteiger partial charge on any atom is 0.352 e. The zero-order valence-corrected chi connectivity index (χ0v) is 24.4. The van der Waals surface area contributed by atoms with Crippen LogP contribution in [0.15, 0.2) is 39.1 Å². The summed E-state index contributed by atoms with van der Waals surface area (Å²) in [6, 6.07) is -1.05. The summed E-state index contributed by atoms with van der Waals surface area (Å²) in [6.07, 6.45) is 6.43. The van der Waals surface area contributed by atoms with Crippen LogP contribution < -0.4 is 10.6 Å². The monoisotopic (exact) mass is 649 g/mol. The number of rotatable bonds is 13. The molecule has 1 aliphatic carbocycles. The van der Waals surface area contributed by atoms with Gasteiger partial charge in [-0.2, -0.15) is 0 Å². The van der Waals surface area contributed by atoms with Crippen LogP contribution in [0.3, 0.4) is 0 Å². The molecule has 1 saturated heterocycles. The highest BCUT2D eigenvalue weighted by Crippen LogP contribution is 2.41. The second-order valence-electron chi connectivity index (χ2n) is 9.16. The minimum atomic E-state index is -1.32. The van der Waals surface area contributed by atoms with Crippen molar-refractivity contribution in [2.45, 2.75) is 48.5 Å². The van der Waals surface area contributed by atoms with E-state index in [1.54, 1.807) is 0 Å². The van der Waals surface area contributed by atoms with E-state index in [2.05, 4.69) is 36.3 Å². The van der Waals surface area contributed by atoms with Gasteiger partial charge in [0.1, 0.15) is 35.5 Å². The summed E-state index contributed by atoms with van der Waals surface area (Å²) < 4.78 is 1.07. The van der Waals surface area contributed by atoms with E-state index in [9.17, 15) is 29.1 Å². The number of hydrogen-bond acceptors (Lipinski definition) is 14. The number of thiazole rings is 1. The van der Waals surface area contributed by atoms with Gasteiger partial charge < -0.3 is 25.7 Å². The van der Waals surface area contributed by atoms with Gasteiger partial charge in [-0.15, -0.1) is 28.2 Å². The van der Waals surface area contributed by atoms with Crippen LogP contribution in [0, 0.1) is 0 Å². The Hall–Kier alpha value is -4.30. The van der Waals surface area contributed by atoms with Gasteiger partial charge in [-0.3, -0.25) is 24.1 Å². The molecule has 17 nitrogen and oxygen atoms in total. The van der Waals surface area contributed by atoms with E-state index in [1.165, 1.54) is 17.1 Å². The van der Waals surface area contributed by atoms with Crippen molar-refractivity contribution in [3.8, 4) is 0 Å². The average Bonchev–Trinajstić information content (AvgIpc) is 3.64. The number of oxime groups is 1. The van der Waals surface area contributed by atoms with Crippen molar-refractivity contribution in [1.29, 1.82) is 0 Å². The maximum atomic E-state index is 13.4. The molecule has 20 heteroatoms. The third-order valence-electron chi connectivity index (χ3n) is 6.33. The molecule has 2 aromatic rings. The third kappa shape index (κ3) is 6.70. The number of tetrazole rings is 1. The number of hydrogen-bond donors (Lipinski definition) is 4. The number of carboxylic acids is 2. The number of carbonyl (C=O) groups excluding carboxylic acids is 3. The number of amides is 3. The lowest BCUT2D eigenvalue weighted by Crippen LogP contribution is -2.71. The van der Waals surface area contributed by atoms with Crippen molar-refractivity contribution in [1.82, 2.24) is 35.4 Å². The standard InChI is InChI=1S/C23H23N9O8S3/c33-10-24-22-25-13(9-42-22)15(28-40-12-4-2-1-3-5-12)18(36)26-16-19(37)32-17(21(38)39)11(7-41-20(16)32)8-43-23-27-29-30-31(23)6-14(34)35/h2,4,9-10,12,16,20H,1,3,5-8H2,(H,26,36)(H,34,35)(H,38,39)(H,24,25,33)/t12?,16?,20-/m1/s1. The van der Waals surface area contributed by atoms with Gasteiger partial charge in [0, 0.05) is 16.9 Å². The molecule has 0 saturated carbocycles. The first-order valence-electron chi connectivity index (χ1n) is 12.6. The molecule has 5 rings (SSSR count). The van der Waals surface area contributed by atoms with Crippen LogP contribution in [0.25, 0.3) is 0 Å². The lowest BCUT2D eigenvalue weighted by atomic mass is 10.0. The Kier molecular flexibility index (Phi) is 9.36. The zero-order valence-electron chi connectivity index (χ0n) is 22.0. The van der Waals surface area contributed by atoms with Crippen LogP contribution in [0.2, 0.25) is 0 Å². The van der Waals surface area contributed by atoms with Crippen LogP contribution in [-0.2, 0) is 35.4 Å². The molecule has 2 aliphatic heterocycles. The van der Waals surface area contributed by atoms with Crippen LogP contribution in [0.5, 0.6) is 0 Å². The smallest absolute Gasteiger partial charge is 0.352 e. The van der Waals surface area contributed by atoms with E-state index in [0.29, 0.717) is 18.4 Å². The molecule has 2 aromatic heterocycles. The Morgan fingerprint density at radius 1 is 1.30 bits per heavy atom. The first-order valence-corrected chi connectivity index (χ1v) is 15.6. The number of anilines is 1. The number of aliphatic carboxylic acids is 2. The Morgan fingerprint density at radius 3 is 2.86 bits per heavy atom. The molecule has 0 bridgehead atoms. The SMILES string of the molecule is O=CNc1nc(C(=NOC2C=CCCC2)C(=O)NC2C(=O)N3C(C(=O)O)=C(CSc4nnnn4CC(=O)O)CS[C@H]23)cs1. The molecule has 226 valence electrons. The van der Waals surface area contributed by atoms with E-state index in [0.717, 1.165) is 45.5 Å². The number of β-lactam (4-membered cyclic amide) rings is 1. The molecular weight excluding hydrogens is 627 g/mol. The molecule has 0 radical (unpaired) electrons. The average molecular weight is 650 g/mol. The number of carboxylic acid groups (broad SMARTS) is 2. The summed E-state index contributed by atoms with van der Waals surface area (Å²) >= 11 is 3.37. The normalized spacial score (nSPS) is 21.6. The molecule has 0 spiro atoms. The number of carbonyl (C=O) groups is 5. The Balaban J connectivity index is 1.31. The van der Waals surface area contributed by atoms with Crippen LogP contribution in [0.4, 0.5) is 5.13 Å². The molecule has 2 unspecified atom stereocenters. The predicted octanol–water partition coefficient (Wildman–Crippen LogP) is 0.143. The largest absolute Gasteiger partial charge is 0.480 e. The summed E-state index contributed by atoms with van der Waals surface area (Å²) in [5, 5.41) is 40.1. The Labute approximate surface area is 254 Å². The van der Waals surface area contributed by atoms with E-state index in [1.807, 2.05) is 12.2 Å². The Bertz CT molecular complexity index is 1540. The van der Waals surface area contributed by atoms with Crippen LogP contribution in [0.1, 0.15) is 25.0 Å². The second-order valence-corrected chi connectivity index (χ2v) is 12.1. The van der Waals surface area contributed by atoms with Crippen molar-refractivity contribution < 1.29 is 39.0 Å². The minimum absolute atomic E-state index is 0.0902. The van der Waals surface area contributed by atoms with Crippen LogP contribution >= 0.6 is 34.9 Å². The fraction of sp³-hybridized carbons (Fsp3) is 0.391. The number of fused-ring (bicyclic) bond motifs is 1. The van der Waals surface area contributed by atoms with Gasteiger partial charge in [-0.05, 0) is 41.3 Å². The summed E-state index contributed by atoms with van der Waals surface area (Å²) in [5.74, 6) is -3.54. The molecule has 4 N–H and O–H groups in total. The van der Waals surface area contributed by atoms with Crippen molar-refractivity contribution in [3.05, 3.63) is 34.5 Å². The quantitative estimate of drug-likeness (QED) is 0.0565. The Morgan fingerprint density at radius 2 is 2.14 bits per heavy atom. The van der Waals surface area contributed by atoms with Gasteiger partial charge in [-0.1, -0.05) is 23.0 Å². The molecular formula is C23H23N9O8S3. The van der Waals surface area contributed by atoms with Gasteiger partial charge in [0.05, 0.1) is 0 Å². The molecule has 43 heavy (non-hydrogen) atoms. The topological polar surface area (TPSA) is 231 Å². The predicted molar refractivity (Wildman–Crippen MR) is 152 cm³/mol. The lowest BCUT2D eigenvalue weighted by Gasteiger charge is -2.49. The van der Waals surface area contributed by atoms with Crippen molar-refractivity contribution in [2.75, 3.05) is 16.8 Å². The van der Waals surface area contributed by atoms with Gasteiger partial charge in [0.25, 0.3) is 11.8 Å². The van der Waals surface area contributed by atoms with Crippen molar-refractivity contribution >= 4 is 75.9 Å². The fourth-order valence-corrected chi connectivity index (χ4v) is 7.39. The van der Waals surface area contributed by atoms with Gasteiger partial charge in [-0.25, -0.2) is 14.5 Å². The van der Waals surface area contributed by atoms with Crippen molar-refractivity contribution in [3.63, 3.8) is 0 Å². The minimum Gasteiger partial charge on any atom is -0.480 e. The van der Waals surface area contributed by atoms with Crippen LogP contribution in [-0.4, -0.2) is 105 Å². The fourth-order valence-electron chi connectivity index (χ4n) is 4.38. The van der Waals surface area contributed by atoms with E-state index in [-0.39, 0.29) is 45.0 Å². The molecule has 4 heterocycles. The number of allylic oxidation sites excluding steroid dienone is 1. The highest BCUT2D eigenvalue weighted by Gasteiger charge is 2.54. The first kappa shape index (κ1) is 30.2. The van der Waals surface area contributed by atoms with E-state index < -0.39 is 41.7 Å². The van der Waals surface area contributed by atoms with Crippen molar-refractivity contribution in [2.24, 2.45) is 5.16 Å².